The Bertz CT molecular complexity index is 1040. The smallest absolute Gasteiger partial charge is 0.336 e. The number of ketones is 1. The standard InChI is InChI=1S/C18H13NO6/c1-11-7-18(21)25-17-9-14(5-6-15(11)17)24-10-16(20)12-3-2-4-13(8-12)19(22)23/h2-9H,10H2,1H3. The van der Waals surface area contributed by atoms with E-state index >= 15 is 0 Å². The molecule has 0 atom stereocenters. The number of benzene rings is 2. The summed E-state index contributed by atoms with van der Waals surface area (Å²) in [7, 11) is 0. The number of non-ortho nitro benzene ring substituents is 1. The fraction of sp³-hybridized carbons (Fsp3) is 0.111. The number of nitrogens with zero attached hydrogens (tertiary/aromatic N) is 1. The number of aryl methyl sites for hydroxylation is 1. The fourth-order valence-corrected chi connectivity index (χ4v) is 2.42. The molecule has 0 saturated heterocycles. The molecular formula is C18H13NO6. The number of carbonyl (C=O) groups is 1. The van der Waals surface area contributed by atoms with Crippen molar-refractivity contribution < 1.29 is 18.9 Å². The van der Waals surface area contributed by atoms with Gasteiger partial charge < -0.3 is 9.15 Å². The van der Waals surface area contributed by atoms with Crippen molar-refractivity contribution in [2.24, 2.45) is 0 Å². The summed E-state index contributed by atoms with van der Waals surface area (Å²) in [6, 6.07) is 11.8. The summed E-state index contributed by atoms with van der Waals surface area (Å²) < 4.78 is 10.6. The highest BCUT2D eigenvalue weighted by molar-refractivity contribution is 5.97. The Morgan fingerprint density at radius 2 is 2.00 bits per heavy atom. The highest BCUT2D eigenvalue weighted by Crippen LogP contribution is 2.22. The van der Waals surface area contributed by atoms with Crippen LogP contribution in [0.15, 0.2) is 57.7 Å². The topological polar surface area (TPSA) is 99.7 Å². The van der Waals surface area contributed by atoms with E-state index in [1.807, 2.05) is 0 Å². The molecule has 0 spiro atoms. The Balaban J connectivity index is 1.78. The molecule has 0 radical (unpaired) electrons. The summed E-state index contributed by atoms with van der Waals surface area (Å²) in [4.78, 5) is 33.8. The van der Waals surface area contributed by atoms with Crippen LogP contribution >= 0.6 is 0 Å². The minimum Gasteiger partial charge on any atom is -0.485 e. The largest absolute Gasteiger partial charge is 0.485 e. The van der Waals surface area contributed by atoms with Gasteiger partial charge in [-0.05, 0) is 24.6 Å². The number of fused-ring (bicyclic) bond motifs is 1. The second-order valence-corrected chi connectivity index (χ2v) is 5.43. The van der Waals surface area contributed by atoms with E-state index in [1.54, 1.807) is 19.1 Å². The monoisotopic (exact) mass is 339 g/mol. The first kappa shape index (κ1) is 16.4. The van der Waals surface area contributed by atoms with Gasteiger partial charge in [-0.15, -0.1) is 0 Å². The van der Waals surface area contributed by atoms with E-state index in [-0.39, 0.29) is 17.9 Å². The van der Waals surface area contributed by atoms with Gasteiger partial charge in [-0.25, -0.2) is 4.79 Å². The molecule has 0 aliphatic heterocycles. The number of Topliss-reactive ketones (excluding diaryl/α,β-unsaturated/α-hetero) is 1. The Labute approximate surface area is 141 Å². The summed E-state index contributed by atoms with van der Waals surface area (Å²) >= 11 is 0. The number of ether oxygens (including phenoxy) is 1. The van der Waals surface area contributed by atoms with Gasteiger partial charge >= 0.3 is 5.63 Å². The minimum absolute atomic E-state index is 0.159. The molecule has 0 saturated carbocycles. The van der Waals surface area contributed by atoms with Crippen LogP contribution in [0.1, 0.15) is 15.9 Å². The number of nitro groups is 1. The third kappa shape index (κ3) is 3.55. The molecule has 1 heterocycles. The van der Waals surface area contributed by atoms with E-state index < -0.39 is 16.3 Å². The van der Waals surface area contributed by atoms with E-state index in [1.165, 1.54) is 36.4 Å². The molecule has 0 N–H and O–H groups in total. The molecule has 0 fully saturated rings. The molecule has 7 heteroatoms. The van der Waals surface area contributed by atoms with Gasteiger partial charge in [0, 0.05) is 35.2 Å². The van der Waals surface area contributed by atoms with Crippen LogP contribution in [0, 0.1) is 17.0 Å². The number of hydrogen-bond donors (Lipinski definition) is 0. The van der Waals surface area contributed by atoms with Crippen LogP contribution in [0.2, 0.25) is 0 Å². The van der Waals surface area contributed by atoms with E-state index in [2.05, 4.69) is 0 Å². The SMILES string of the molecule is Cc1cc(=O)oc2cc(OCC(=O)c3cccc([N+](=O)[O-])c3)ccc12. The number of nitro benzene ring substituents is 1. The van der Waals surface area contributed by atoms with E-state index in [4.69, 9.17) is 9.15 Å². The van der Waals surface area contributed by atoms with Crippen molar-refractivity contribution in [3.05, 3.63) is 80.2 Å². The lowest BCUT2D eigenvalue weighted by Crippen LogP contribution is -2.11. The lowest BCUT2D eigenvalue weighted by Gasteiger charge is -2.07. The first-order valence-electron chi connectivity index (χ1n) is 7.39. The first-order valence-corrected chi connectivity index (χ1v) is 7.39. The maximum atomic E-state index is 12.1. The lowest BCUT2D eigenvalue weighted by atomic mass is 10.1. The van der Waals surface area contributed by atoms with E-state index in [0.29, 0.717) is 11.3 Å². The summed E-state index contributed by atoms with van der Waals surface area (Å²) in [6.07, 6.45) is 0. The van der Waals surface area contributed by atoms with Crippen molar-refractivity contribution >= 4 is 22.4 Å². The number of rotatable bonds is 5. The highest BCUT2D eigenvalue weighted by atomic mass is 16.6. The number of hydrogen-bond acceptors (Lipinski definition) is 6. The molecule has 3 aromatic rings. The van der Waals surface area contributed by atoms with Gasteiger partial charge in [0.2, 0.25) is 0 Å². The van der Waals surface area contributed by atoms with Crippen molar-refractivity contribution in [3.8, 4) is 5.75 Å². The molecular weight excluding hydrogens is 326 g/mol. The zero-order chi connectivity index (χ0) is 18.0. The lowest BCUT2D eigenvalue weighted by molar-refractivity contribution is -0.384. The molecule has 3 rings (SSSR count). The molecule has 25 heavy (non-hydrogen) atoms. The molecule has 0 aliphatic carbocycles. The molecule has 0 amide bonds. The zero-order valence-electron chi connectivity index (χ0n) is 13.2. The normalized spacial score (nSPS) is 10.6. The van der Waals surface area contributed by atoms with Crippen molar-refractivity contribution in [2.45, 2.75) is 6.92 Å². The summed E-state index contributed by atoms with van der Waals surface area (Å²) in [5.74, 6) is -0.0328. The Kier molecular flexibility index (Phi) is 4.30. The van der Waals surface area contributed by atoms with Crippen LogP contribution < -0.4 is 10.4 Å². The van der Waals surface area contributed by atoms with Crippen LogP contribution in [0.3, 0.4) is 0 Å². The van der Waals surface area contributed by atoms with Gasteiger partial charge in [-0.3, -0.25) is 14.9 Å². The number of carbonyl (C=O) groups excluding carboxylic acids is 1. The van der Waals surface area contributed by atoms with Gasteiger partial charge in [-0.2, -0.15) is 0 Å². The zero-order valence-corrected chi connectivity index (χ0v) is 13.2. The Morgan fingerprint density at radius 1 is 1.20 bits per heavy atom. The average Bonchev–Trinajstić information content (AvgIpc) is 2.59. The minimum atomic E-state index is -0.564. The van der Waals surface area contributed by atoms with Gasteiger partial charge in [0.1, 0.15) is 11.3 Å². The summed E-state index contributed by atoms with van der Waals surface area (Å²) in [6.45, 7) is 1.51. The third-order valence-corrected chi connectivity index (χ3v) is 3.67. The van der Waals surface area contributed by atoms with Crippen molar-refractivity contribution in [1.29, 1.82) is 0 Å². The van der Waals surface area contributed by atoms with E-state index in [0.717, 1.165) is 10.9 Å². The quantitative estimate of drug-likeness (QED) is 0.306. The Hall–Kier alpha value is -3.48. The maximum absolute atomic E-state index is 12.1. The predicted molar refractivity (Wildman–Crippen MR) is 90.1 cm³/mol. The van der Waals surface area contributed by atoms with Gasteiger partial charge in [0.25, 0.3) is 5.69 Å². The van der Waals surface area contributed by atoms with Gasteiger partial charge in [0.05, 0.1) is 4.92 Å². The predicted octanol–water partition coefficient (Wildman–Crippen LogP) is 3.27. The van der Waals surface area contributed by atoms with Crippen LogP contribution in [0.25, 0.3) is 11.0 Å². The molecule has 7 nitrogen and oxygen atoms in total. The molecule has 1 aromatic heterocycles. The van der Waals surface area contributed by atoms with Crippen molar-refractivity contribution in [2.75, 3.05) is 6.61 Å². The van der Waals surface area contributed by atoms with Crippen molar-refractivity contribution in [3.63, 3.8) is 0 Å². The Morgan fingerprint density at radius 3 is 2.76 bits per heavy atom. The van der Waals surface area contributed by atoms with Crippen LogP contribution in [0.5, 0.6) is 5.75 Å². The first-order chi connectivity index (χ1) is 11.9. The molecule has 0 unspecified atom stereocenters. The van der Waals surface area contributed by atoms with Gasteiger partial charge in [-0.1, -0.05) is 12.1 Å². The second kappa shape index (κ2) is 6.56. The maximum Gasteiger partial charge on any atom is 0.336 e. The molecule has 2 aromatic carbocycles. The summed E-state index contributed by atoms with van der Waals surface area (Å²) in [5.41, 5.74) is 0.719. The second-order valence-electron chi connectivity index (χ2n) is 5.43. The third-order valence-electron chi connectivity index (χ3n) is 3.67. The van der Waals surface area contributed by atoms with Crippen LogP contribution in [0.4, 0.5) is 5.69 Å². The van der Waals surface area contributed by atoms with Gasteiger partial charge in [0.15, 0.2) is 12.4 Å². The molecule has 0 bridgehead atoms. The van der Waals surface area contributed by atoms with Crippen molar-refractivity contribution in [1.82, 2.24) is 0 Å². The van der Waals surface area contributed by atoms with E-state index in [9.17, 15) is 19.7 Å². The highest BCUT2D eigenvalue weighted by Gasteiger charge is 2.12. The average molecular weight is 339 g/mol. The fourth-order valence-electron chi connectivity index (χ4n) is 2.42. The van der Waals surface area contributed by atoms with Crippen LogP contribution in [-0.2, 0) is 0 Å². The van der Waals surface area contributed by atoms with Crippen LogP contribution in [-0.4, -0.2) is 17.3 Å². The molecule has 0 aliphatic rings. The molecule has 126 valence electrons. The summed E-state index contributed by atoms with van der Waals surface area (Å²) in [5, 5.41) is 11.5.